The summed E-state index contributed by atoms with van der Waals surface area (Å²) in [5.41, 5.74) is -1.04. The first kappa shape index (κ1) is 14.7. The number of rotatable bonds is 2. The highest BCUT2D eigenvalue weighted by Gasteiger charge is 2.41. The van der Waals surface area contributed by atoms with Crippen molar-refractivity contribution in [2.24, 2.45) is 5.92 Å². The Kier molecular flexibility index (Phi) is 3.70. The summed E-state index contributed by atoms with van der Waals surface area (Å²) in [6.45, 7) is 5.76. The lowest BCUT2D eigenvalue weighted by Crippen LogP contribution is -2.40. The zero-order valence-corrected chi connectivity index (χ0v) is 11.8. The molecule has 0 saturated carbocycles. The van der Waals surface area contributed by atoms with Crippen molar-refractivity contribution in [2.75, 3.05) is 11.4 Å². The molecule has 2 unspecified atom stereocenters. The minimum atomic E-state index is -0.895. The van der Waals surface area contributed by atoms with Crippen LogP contribution in [0.2, 0.25) is 0 Å². The maximum Gasteiger partial charge on any atom is 0.150 e. The van der Waals surface area contributed by atoms with Crippen LogP contribution >= 0.6 is 0 Å². The Balaban J connectivity index is 2.37. The van der Waals surface area contributed by atoms with Crippen LogP contribution in [0.4, 0.5) is 14.5 Å². The van der Waals surface area contributed by atoms with Gasteiger partial charge in [-0.05, 0) is 39.3 Å². The maximum absolute atomic E-state index is 14.1. The lowest BCUT2D eigenvalue weighted by atomic mass is 9.85. The van der Waals surface area contributed by atoms with Gasteiger partial charge in [0.05, 0.1) is 17.2 Å². The summed E-state index contributed by atoms with van der Waals surface area (Å²) in [6.07, 6.45) is 0.670. The van der Waals surface area contributed by atoms with Gasteiger partial charge in [-0.25, -0.2) is 8.78 Å². The Morgan fingerprint density at radius 2 is 1.90 bits per heavy atom. The Morgan fingerprint density at radius 1 is 1.35 bits per heavy atom. The van der Waals surface area contributed by atoms with E-state index >= 15 is 0 Å². The molecule has 20 heavy (non-hydrogen) atoms. The normalized spacial score (nSPS) is 22.9. The highest BCUT2D eigenvalue weighted by molar-refractivity contribution is 5.54. The smallest absolute Gasteiger partial charge is 0.150 e. The Labute approximate surface area is 117 Å². The van der Waals surface area contributed by atoms with Gasteiger partial charge in [-0.15, -0.1) is 0 Å². The molecule has 1 saturated heterocycles. The Bertz CT molecular complexity index is 537. The van der Waals surface area contributed by atoms with Gasteiger partial charge in [0.15, 0.2) is 11.6 Å². The number of benzene rings is 1. The molecule has 1 aliphatic rings. The summed E-state index contributed by atoms with van der Waals surface area (Å²) < 4.78 is 28.1. The lowest BCUT2D eigenvalue weighted by molar-refractivity contribution is 0.0156. The highest BCUT2D eigenvalue weighted by Crippen LogP contribution is 2.38. The quantitative estimate of drug-likeness (QED) is 0.906. The van der Waals surface area contributed by atoms with Gasteiger partial charge in [-0.3, -0.25) is 0 Å². The molecular weight excluding hydrogens is 262 g/mol. The standard InChI is InChI=1S/C15H18F2N2O/c1-9-11(15(2,3)20)4-5-19(9)14-12(16)6-10(8-18)7-13(14)17/h6-7,9,11,20H,4-5H2,1-3H3. The SMILES string of the molecule is CC1C(C(C)(C)O)CCN1c1c(F)cc(C#N)cc1F. The number of anilines is 1. The van der Waals surface area contributed by atoms with Crippen LogP contribution in [0.5, 0.6) is 0 Å². The van der Waals surface area contributed by atoms with Crippen LogP contribution in [0.25, 0.3) is 0 Å². The fraction of sp³-hybridized carbons (Fsp3) is 0.533. The van der Waals surface area contributed by atoms with Gasteiger partial charge in [-0.2, -0.15) is 5.26 Å². The summed E-state index contributed by atoms with van der Waals surface area (Å²) in [4.78, 5) is 1.63. The van der Waals surface area contributed by atoms with Crippen LogP contribution in [0.15, 0.2) is 12.1 Å². The highest BCUT2D eigenvalue weighted by atomic mass is 19.1. The van der Waals surface area contributed by atoms with E-state index in [1.807, 2.05) is 6.92 Å². The molecule has 0 aromatic heterocycles. The van der Waals surface area contributed by atoms with Crippen molar-refractivity contribution in [1.82, 2.24) is 0 Å². The Hall–Kier alpha value is -1.67. The van der Waals surface area contributed by atoms with Gasteiger partial charge >= 0.3 is 0 Å². The Morgan fingerprint density at radius 3 is 2.30 bits per heavy atom. The molecule has 108 valence electrons. The number of nitriles is 1. The first-order valence-electron chi connectivity index (χ1n) is 6.64. The van der Waals surface area contributed by atoms with Crippen LogP contribution in [-0.4, -0.2) is 23.3 Å². The molecule has 2 atom stereocenters. The molecule has 2 rings (SSSR count). The summed E-state index contributed by atoms with van der Waals surface area (Å²) in [6, 6.07) is 3.65. The zero-order valence-electron chi connectivity index (χ0n) is 11.8. The average Bonchev–Trinajstić information content (AvgIpc) is 2.70. The van der Waals surface area contributed by atoms with E-state index in [4.69, 9.17) is 5.26 Å². The number of aliphatic hydroxyl groups is 1. The molecule has 5 heteroatoms. The molecule has 1 aliphatic heterocycles. The zero-order chi connectivity index (χ0) is 15.1. The van der Waals surface area contributed by atoms with Crippen LogP contribution in [-0.2, 0) is 0 Å². The second kappa shape index (κ2) is 5.02. The number of nitrogens with zero attached hydrogens (tertiary/aromatic N) is 2. The van der Waals surface area contributed by atoms with Crippen molar-refractivity contribution >= 4 is 5.69 Å². The first-order valence-corrected chi connectivity index (χ1v) is 6.64. The first-order chi connectivity index (χ1) is 9.25. The average molecular weight is 280 g/mol. The summed E-state index contributed by atoms with van der Waals surface area (Å²) in [5.74, 6) is -1.52. The van der Waals surface area contributed by atoms with E-state index in [2.05, 4.69) is 0 Å². The summed E-state index contributed by atoms with van der Waals surface area (Å²) in [7, 11) is 0. The van der Waals surface area contributed by atoms with E-state index in [9.17, 15) is 13.9 Å². The third-order valence-corrected chi connectivity index (χ3v) is 4.10. The molecule has 0 radical (unpaired) electrons. The molecule has 0 spiro atoms. The molecule has 1 aromatic carbocycles. The van der Waals surface area contributed by atoms with Crippen molar-refractivity contribution in [2.45, 2.75) is 38.8 Å². The van der Waals surface area contributed by atoms with Gasteiger partial charge < -0.3 is 10.0 Å². The molecular formula is C15H18F2N2O. The van der Waals surface area contributed by atoms with E-state index in [0.29, 0.717) is 13.0 Å². The van der Waals surface area contributed by atoms with E-state index in [1.54, 1.807) is 24.8 Å². The number of halogens is 2. The number of hydrogen-bond donors (Lipinski definition) is 1. The maximum atomic E-state index is 14.1. The molecule has 0 amide bonds. The van der Waals surface area contributed by atoms with Crippen LogP contribution in [0.3, 0.4) is 0 Å². The predicted octanol–water partition coefficient (Wildman–Crippen LogP) is 2.82. The van der Waals surface area contributed by atoms with Gasteiger partial charge in [0.25, 0.3) is 0 Å². The monoisotopic (exact) mass is 280 g/mol. The van der Waals surface area contributed by atoms with Gasteiger partial charge in [-0.1, -0.05) is 0 Å². The van der Waals surface area contributed by atoms with E-state index in [1.165, 1.54) is 0 Å². The van der Waals surface area contributed by atoms with E-state index in [0.717, 1.165) is 12.1 Å². The fourth-order valence-corrected chi connectivity index (χ4v) is 3.10. The predicted molar refractivity (Wildman–Crippen MR) is 72.3 cm³/mol. The van der Waals surface area contributed by atoms with Crippen molar-refractivity contribution in [3.63, 3.8) is 0 Å². The van der Waals surface area contributed by atoms with Gasteiger partial charge in [0.1, 0.15) is 5.69 Å². The lowest BCUT2D eigenvalue weighted by Gasteiger charge is -2.33. The summed E-state index contributed by atoms with van der Waals surface area (Å²) >= 11 is 0. The molecule has 0 bridgehead atoms. The molecule has 3 nitrogen and oxygen atoms in total. The van der Waals surface area contributed by atoms with E-state index < -0.39 is 17.2 Å². The molecule has 1 N–H and O–H groups in total. The second-order valence-corrected chi connectivity index (χ2v) is 5.88. The summed E-state index contributed by atoms with van der Waals surface area (Å²) in [5, 5.41) is 18.8. The number of hydrogen-bond acceptors (Lipinski definition) is 3. The molecule has 0 aliphatic carbocycles. The minimum absolute atomic E-state index is 0.0327. The molecule has 1 fully saturated rings. The minimum Gasteiger partial charge on any atom is -0.390 e. The van der Waals surface area contributed by atoms with Crippen molar-refractivity contribution in [3.8, 4) is 6.07 Å². The van der Waals surface area contributed by atoms with Gasteiger partial charge in [0, 0.05) is 18.5 Å². The van der Waals surface area contributed by atoms with Crippen molar-refractivity contribution in [1.29, 1.82) is 5.26 Å². The largest absolute Gasteiger partial charge is 0.390 e. The van der Waals surface area contributed by atoms with Gasteiger partial charge in [0.2, 0.25) is 0 Å². The van der Waals surface area contributed by atoms with Crippen molar-refractivity contribution < 1.29 is 13.9 Å². The van der Waals surface area contributed by atoms with Crippen LogP contribution in [0.1, 0.15) is 32.8 Å². The van der Waals surface area contributed by atoms with Crippen LogP contribution in [0, 0.1) is 28.9 Å². The third kappa shape index (κ3) is 2.48. The second-order valence-electron chi connectivity index (χ2n) is 5.88. The topological polar surface area (TPSA) is 47.3 Å². The third-order valence-electron chi connectivity index (χ3n) is 4.10. The van der Waals surface area contributed by atoms with Crippen molar-refractivity contribution in [3.05, 3.63) is 29.3 Å². The fourth-order valence-electron chi connectivity index (χ4n) is 3.10. The molecule has 1 aromatic rings. The van der Waals surface area contributed by atoms with Crippen LogP contribution < -0.4 is 4.90 Å². The van der Waals surface area contributed by atoms with E-state index in [-0.39, 0.29) is 23.2 Å². The molecule has 1 heterocycles.